The van der Waals surface area contributed by atoms with Crippen molar-refractivity contribution in [3.63, 3.8) is 0 Å². The van der Waals surface area contributed by atoms with E-state index in [1.54, 1.807) is 0 Å². The molecule has 0 radical (unpaired) electrons. The predicted molar refractivity (Wildman–Crippen MR) is 60.2 cm³/mol. The van der Waals surface area contributed by atoms with Crippen LogP contribution in [0.3, 0.4) is 0 Å². The van der Waals surface area contributed by atoms with Crippen LogP contribution in [0, 0.1) is 0 Å². The van der Waals surface area contributed by atoms with Gasteiger partial charge in [-0.25, -0.2) is 4.58 Å². The zero-order valence-electron chi connectivity index (χ0n) is 8.57. The minimum absolute atomic E-state index is 1.26. The van der Waals surface area contributed by atoms with Crippen LogP contribution in [0.25, 0.3) is 5.57 Å². The van der Waals surface area contributed by atoms with Crippen molar-refractivity contribution in [1.82, 2.24) is 4.58 Å². The monoisotopic (exact) mass is 184 g/mol. The van der Waals surface area contributed by atoms with Crippen molar-refractivity contribution in [1.29, 1.82) is 0 Å². The van der Waals surface area contributed by atoms with Crippen molar-refractivity contribution < 1.29 is 0 Å². The molecule has 0 saturated carbocycles. The fourth-order valence-corrected chi connectivity index (χ4v) is 1.66. The Labute approximate surface area is 84.0 Å². The first-order chi connectivity index (χ1) is 6.79. The Morgan fingerprint density at radius 3 is 2.71 bits per heavy atom. The van der Waals surface area contributed by atoms with Gasteiger partial charge in [0.15, 0.2) is 6.20 Å². The smallest absolute Gasteiger partial charge is 0.201 e. The highest BCUT2D eigenvalue weighted by Crippen LogP contribution is 1.93. The summed E-state index contributed by atoms with van der Waals surface area (Å²) in [7, 11) is 2.07. The third-order valence-electron chi connectivity index (χ3n) is 2.48. The van der Waals surface area contributed by atoms with E-state index in [1.807, 2.05) is 0 Å². The molecule has 14 heavy (non-hydrogen) atoms. The maximum absolute atomic E-state index is 2.16. The molecule has 0 saturated heterocycles. The lowest BCUT2D eigenvalue weighted by Crippen LogP contribution is -2.36. The number of allylic oxidation sites excluding steroid dienone is 3. The normalized spacial score (nSPS) is 27.3. The van der Waals surface area contributed by atoms with Crippen LogP contribution in [0.4, 0.5) is 0 Å². The molecule has 1 heteroatoms. The maximum atomic E-state index is 2.16. The van der Waals surface area contributed by atoms with Crippen LogP contribution in [-0.2, 0) is 0 Å². The number of para-hydroxylation sites is 1. The average Bonchev–Trinajstić information content (AvgIpc) is 2.22. The van der Waals surface area contributed by atoms with E-state index in [0.717, 1.165) is 0 Å². The molecular weight excluding hydrogens is 170 g/mol. The molecule has 0 N–H and O–H groups in total. The number of fused-ring (bicyclic) bond motifs is 1. The van der Waals surface area contributed by atoms with Gasteiger partial charge in [0, 0.05) is 17.4 Å². The summed E-state index contributed by atoms with van der Waals surface area (Å²) >= 11 is 0. The molecule has 0 aliphatic carbocycles. The highest BCUT2D eigenvalue weighted by molar-refractivity contribution is 5.54. The Kier molecular flexibility index (Phi) is 2.32. The van der Waals surface area contributed by atoms with Crippen molar-refractivity contribution in [2.45, 2.75) is 6.92 Å². The molecule has 0 bridgehead atoms. The molecule has 0 unspecified atom stereocenters. The molecule has 2 rings (SSSR count). The third kappa shape index (κ3) is 1.53. The first-order valence-electron chi connectivity index (χ1n) is 4.80. The molecule has 1 heterocycles. The molecule has 1 aliphatic heterocycles. The van der Waals surface area contributed by atoms with Gasteiger partial charge in [0.1, 0.15) is 7.05 Å². The van der Waals surface area contributed by atoms with Crippen LogP contribution < -0.4 is 15.2 Å². The molecule has 1 aliphatic rings. The van der Waals surface area contributed by atoms with Gasteiger partial charge in [0.25, 0.3) is 0 Å². The van der Waals surface area contributed by atoms with Crippen LogP contribution in [0.5, 0.6) is 0 Å². The van der Waals surface area contributed by atoms with E-state index in [4.69, 9.17) is 0 Å². The topological polar surface area (TPSA) is 3.01 Å². The molecule has 0 atom stereocenters. The summed E-state index contributed by atoms with van der Waals surface area (Å²) in [5.41, 5.74) is 1.30. The van der Waals surface area contributed by atoms with E-state index < -0.39 is 0 Å². The second kappa shape index (κ2) is 3.62. The van der Waals surface area contributed by atoms with E-state index in [2.05, 4.69) is 67.2 Å². The zero-order chi connectivity index (χ0) is 9.97. The molecule has 0 amide bonds. The highest BCUT2D eigenvalue weighted by Gasteiger charge is 1.99. The highest BCUT2D eigenvalue weighted by atomic mass is 14.9. The third-order valence-corrected chi connectivity index (χ3v) is 2.48. The number of rotatable bonds is 0. The van der Waals surface area contributed by atoms with Gasteiger partial charge < -0.3 is 0 Å². The van der Waals surface area contributed by atoms with Crippen molar-refractivity contribution >= 4 is 5.57 Å². The lowest BCUT2D eigenvalue weighted by molar-refractivity contribution is 0.870. The average molecular weight is 184 g/mol. The van der Waals surface area contributed by atoms with E-state index in [0.29, 0.717) is 0 Å². The summed E-state index contributed by atoms with van der Waals surface area (Å²) in [4.78, 5) is 0. The van der Waals surface area contributed by atoms with Gasteiger partial charge in [-0.05, 0) is 18.6 Å². The molecule has 1 nitrogen and oxygen atoms in total. The van der Waals surface area contributed by atoms with E-state index in [1.165, 1.54) is 16.1 Å². The first kappa shape index (κ1) is 8.95. The number of hydrogen-bond acceptors (Lipinski definition) is 0. The second-order valence-electron chi connectivity index (χ2n) is 3.51. The second-order valence-corrected chi connectivity index (χ2v) is 3.51. The van der Waals surface area contributed by atoms with Gasteiger partial charge in [0.05, 0.1) is 0 Å². The summed E-state index contributed by atoms with van der Waals surface area (Å²) in [6, 6.07) is 8.45. The quantitative estimate of drug-likeness (QED) is 0.530. The standard InChI is InChI=1S/C13H14N/c1-11-7-5-6-10-14(2)13-9-4-3-8-12(11)13/h3-10H,1-2H3/q+1/b6-5?,7-5-,10-6+,11-7?,12-11+,14-10?,14-13-. The maximum Gasteiger partial charge on any atom is 0.212 e. The molecule has 70 valence electrons. The summed E-state index contributed by atoms with van der Waals surface area (Å²) < 4.78 is 2.14. The Morgan fingerprint density at radius 2 is 1.86 bits per heavy atom. The fourth-order valence-electron chi connectivity index (χ4n) is 1.66. The lowest BCUT2D eigenvalue weighted by Gasteiger charge is -1.96. The predicted octanol–water partition coefficient (Wildman–Crippen LogP) is 1.06. The van der Waals surface area contributed by atoms with Crippen molar-refractivity contribution in [2.24, 2.45) is 0 Å². The zero-order valence-corrected chi connectivity index (χ0v) is 8.57. The van der Waals surface area contributed by atoms with Crippen LogP contribution >= 0.6 is 0 Å². The minimum Gasteiger partial charge on any atom is -0.201 e. The van der Waals surface area contributed by atoms with E-state index >= 15 is 0 Å². The van der Waals surface area contributed by atoms with Crippen LogP contribution in [0.15, 0.2) is 48.7 Å². The van der Waals surface area contributed by atoms with Gasteiger partial charge in [-0.15, -0.1) is 0 Å². The molecule has 1 aromatic carbocycles. The van der Waals surface area contributed by atoms with Crippen molar-refractivity contribution in [3.8, 4) is 0 Å². The Balaban J connectivity index is 2.98. The fraction of sp³-hybridized carbons (Fsp3) is 0.154. The van der Waals surface area contributed by atoms with Crippen LogP contribution in [0.1, 0.15) is 6.92 Å². The largest absolute Gasteiger partial charge is 0.212 e. The Morgan fingerprint density at radius 1 is 1.07 bits per heavy atom. The van der Waals surface area contributed by atoms with Gasteiger partial charge >= 0.3 is 0 Å². The Bertz CT molecular complexity index is 469. The van der Waals surface area contributed by atoms with Crippen LogP contribution in [-0.4, -0.2) is 7.05 Å². The molecular formula is C13H14N+. The first-order valence-corrected chi connectivity index (χ1v) is 4.80. The molecule has 1 aromatic rings. The van der Waals surface area contributed by atoms with Gasteiger partial charge in [-0.2, -0.15) is 0 Å². The molecule has 0 aromatic heterocycles. The van der Waals surface area contributed by atoms with Crippen molar-refractivity contribution in [3.05, 3.63) is 59.3 Å². The summed E-state index contributed by atoms with van der Waals surface area (Å²) in [5.74, 6) is 0. The van der Waals surface area contributed by atoms with Gasteiger partial charge in [-0.1, -0.05) is 24.3 Å². The van der Waals surface area contributed by atoms with E-state index in [-0.39, 0.29) is 0 Å². The minimum atomic E-state index is 1.26. The number of hydrogen-bond donors (Lipinski definition) is 0. The molecule has 0 fully saturated rings. The lowest BCUT2D eigenvalue weighted by atomic mass is 10.1. The van der Waals surface area contributed by atoms with Gasteiger partial charge in [-0.3, -0.25) is 0 Å². The summed E-state index contributed by atoms with van der Waals surface area (Å²) in [5, 5.41) is 2.56. The van der Waals surface area contributed by atoms with Crippen molar-refractivity contribution in [2.75, 3.05) is 7.05 Å². The summed E-state index contributed by atoms with van der Waals surface area (Å²) in [6.07, 6.45) is 8.34. The SMILES string of the molecule is CC1=c2/cccc/c2=[N+](C)/C=C/C=C\1. The van der Waals surface area contributed by atoms with Crippen LogP contribution in [0.2, 0.25) is 0 Å². The van der Waals surface area contributed by atoms with Gasteiger partial charge in [0.2, 0.25) is 5.36 Å². The molecule has 0 spiro atoms. The Hall–Kier alpha value is -1.63. The number of benzene rings is 1. The van der Waals surface area contributed by atoms with E-state index in [9.17, 15) is 0 Å². The number of nitrogens with zero attached hydrogens (tertiary/aromatic N) is 1. The summed E-state index contributed by atoms with van der Waals surface area (Å²) in [6.45, 7) is 2.14.